The second-order valence-electron chi connectivity index (χ2n) is 5.22. The topological polar surface area (TPSA) is 29.5 Å². The van der Waals surface area contributed by atoms with E-state index in [0.717, 1.165) is 25.9 Å². The van der Waals surface area contributed by atoms with E-state index in [4.69, 9.17) is 4.74 Å². The molecule has 19 heavy (non-hydrogen) atoms. The fourth-order valence-electron chi connectivity index (χ4n) is 2.61. The Morgan fingerprint density at radius 1 is 1.32 bits per heavy atom. The molecule has 1 atom stereocenters. The van der Waals surface area contributed by atoms with Gasteiger partial charge in [-0.2, -0.15) is 0 Å². The number of nitrogens with zero attached hydrogens (tertiary/aromatic N) is 1. The molecule has 3 heteroatoms. The van der Waals surface area contributed by atoms with Crippen LogP contribution in [0.3, 0.4) is 0 Å². The fourth-order valence-corrected chi connectivity index (χ4v) is 2.61. The summed E-state index contributed by atoms with van der Waals surface area (Å²) in [6.45, 7) is 6.24. The summed E-state index contributed by atoms with van der Waals surface area (Å²) in [5, 5.41) is 0. The summed E-state index contributed by atoms with van der Waals surface area (Å²) in [6, 6.07) is 8.48. The molecule has 1 saturated heterocycles. The second-order valence-corrected chi connectivity index (χ2v) is 5.22. The number of hydrogen-bond donors (Lipinski definition) is 0. The van der Waals surface area contributed by atoms with Crippen molar-refractivity contribution in [2.75, 3.05) is 13.2 Å². The van der Waals surface area contributed by atoms with E-state index in [2.05, 4.69) is 36.1 Å². The average Bonchev–Trinajstić information content (AvgIpc) is 2.42. The van der Waals surface area contributed by atoms with Crippen LogP contribution in [0, 0.1) is 6.92 Å². The largest absolute Gasteiger partial charge is 0.465 e. The summed E-state index contributed by atoms with van der Waals surface area (Å²) in [5.74, 6) is -0.0608. The molecule has 0 amide bonds. The molecule has 3 nitrogen and oxygen atoms in total. The van der Waals surface area contributed by atoms with Crippen LogP contribution < -0.4 is 0 Å². The van der Waals surface area contributed by atoms with Crippen molar-refractivity contribution >= 4 is 5.97 Å². The molecule has 1 unspecified atom stereocenters. The molecular weight excluding hydrogens is 238 g/mol. The van der Waals surface area contributed by atoms with Gasteiger partial charge in [-0.3, -0.25) is 9.69 Å². The molecule has 1 aromatic rings. The highest BCUT2D eigenvalue weighted by molar-refractivity contribution is 5.75. The third-order valence-electron chi connectivity index (χ3n) is 3.68. The van der Waals surface area contributed by atoms with E-state index >= 15 is 0 Å². The standard InChI is InChI=1S/C16H23NO2/c1-3-19-16(18)15-6-4-5-11-17(15)12-14-9-7-13(2)8-10-14/h7-10,15H,3-6,11-12H2,1-2H3. The fraction of sp³-hybridized carbons (Fsp3) is 0.562. The van der Waals surface area contributed by atoms with Crippen molar-refractivity contribution in [1.82, 2.24) is 4.90 Å². The number of ether oxygens (including phenoxy) is 1. The van der Waals surface area contributed by atoms with Gasteiger partial charge in [0.2, 0.25) is 0 Å². The predicted molar refractivity (Wildman–Crippen MR) is 75.9 cm³/mol. The zero-order valence-corrected chi connectivity index (χ0v) is 11.9. The third-order valence-corrected chi connectivity index (χ3v) is 3.68. The smallest absolute Gasteiger partial charge is 0.323 e. The number of likely N-dealkylation sites (tertiary alicyclic amines) is 1. The van der Waals surface area contributed by atoms with E-state index in [1.165, 1.54) is 17.5 Å². The molecule has 0 aliphatic carbocycles. The summed E-state index contributed by atoms with van der Waals surface area (Å²) in [6.07, 6.45) is 3.21. The van der Waals surface area contributed by atoms with Crippen molar-refractivity contribution in [2.45, 2.75) is 45.7 Å². The molecule has 104 valence electrons. The number of carbonyl (C=O) groups excluding carboxylic acids is 1. The molecule has 0 radical (unpaired) electrons. The van der Waals surface area contributed by atoms with Crippen LogP contribution in [-0.2, 0) is 16.1 Å². The molecular formula is C16H23NO2. The quantitative estimate of drug-likeness (QED) is 0.780. The zero-order chi connectivity index (χ0) is 13.7. The maximum absolute atomic E-state index is 12.0. The van der Waals surface area contributed by atoms with Crippen molar-refractivity contribution < 1.29 is 9.53 Å². The molecule has 1 aliphatic rings. The highest BCUT2D eigenvalue weighted by Gasteiger charge is 2.29. The van der Waals surface area contributed by atoms with Gasteiger partial charge in [0.15, 0.2) is 0 Å². The van der Waals surface area contributed by atoms with Gasteiger partial charge >= 0.3 is 5.97 Å². The highest BCUT2D eigenvalue weighted by atomic mass is 16.5. The molecule has 1 fully saturated rings. The Hall–Kier alpha value is -1.35. The van der Waals surface area contributed by atoms with Crippen molar-refractivity contribution in [3.63, 3.8) is 0 Å². The van der Waals surface area contributed by atoms with Crippen LogP contribution in [0.15, 0.2) is 24.3 Å². The van der Waals surface area contributed by atoms with Crippen molar-refractivity contribution in [1.29, 1.82) is 0 Å². The van der Waals surface area contributed by atoms with Crippen LogP contribution in [0.2, 0.25) is 0 Å². The van der Waals surface area contributed by atoms with Gasteiger partial charge in [0, 0.05) is 6.54 Å². The number of aryl methyl sites for hydroxylation is 1. The van der Waals surface area contributed by atoms with E-state index < -0.39 is 0 Å². The minimum Gasteiger partial charge on any atom is -0.465 e. The van der Waals surface area contributed by atoms with Crippen LogP contribution in [0.25, 0.3) is 0 Å². The Labute approximate surface area is 115 Å². The van der Waals surface area contributed by atoms with Crippen LogP contribution in [-0.4, -0.2) is 30.1 Å². The third kappa shape index (κ3) is 3.80. The molecule has 0 bridgehead atoms. The first kappa shape index (κ1) is 14.1. The predicted octanol–water partition coefficient (Wildman–Crippen LogP) is 2.91. The molecule has 2 rings (SSSR count). The maximum Gasteiger partial charge on any atom is 0.323 e. The van der Waals surface area contributed by atoms with Crippen LogP contribution >= 0.6 is 0 Å². The minimum atomic E-state index is -0.0608. The highest BCUT2D eigenvalue weighted by Crippen LogP contribution is 2.21. The monoisotopic (exact) mass is 261 g/mol. The summed E-state index contributed by atoms with van der Waals surface area (Å²) in [4.78, 5) is 14.2. The van der Waals surface area contributed by atoms with E-state index in [1.54, 1.807) is 0 Å². The average molecular weight is 261 g/mol. The van der Waals surface area contributed by atoms with Gasteiger partial charge in [0.05, 0.1) is 6.61 Å². The van der Waals surface area contributed by atoms with Gasteiger partial charge < -0.3 is 4.74 Å². The molecule has 0 aromatic heterocycles. The molecule has 1 aliphatic heterocycles. The summed E-state index contributed by atoms with van der Waals surface area (Å²) in [7, 11) is 0. The summed E-state index contributed by atoms with van der Waals surface area (Å²) in [5.41, 5.74) is 2.53. The van der Waals surface area contributed by atoms with E-state index in [0.29, 0.717) is 6.61 Å². The first-order chi connectivity index (χ1) is 9.20. The van der Waals surface area contributed by atoms with Gasteiger partial charge in [0.25, 0.3) is 0 Å². The van der Waals surface area contributed by atoms with Crippen LogP contribution in [0.5, 0.6) is 0 Å². The number of carbonyl (C=O) groups is 1. The lowest BCUT2D eigenvalue weighted by Gasteiger charge is -2.33. The molecule has 0 N–H and O–H groups in total. The van der Waals surface area contributed by atoms with Gasteiger partial charge in [-0.15, -0.1) is 0 Å². The molecule has 1 heterocycles. The first-order valence-corrected chi connectivity index (χ1v) is 7.17. The van der Waals surface area contributed by atoms with Crippen molar-refractivity contribution in [3.8, 4) is 0 Å². The zero-order valence-electron chi connectivity index (χ0n) is 11.9. The molecule has 0 spiro atoms. The Morgan fingerprint density at radius 3 is 2.74 bits per heavy atom. The van der Waals surface area contributed by atoms with Gasteiger partial charge in [-0.25, -0.2) is 0 Å². The normalized spacial score (nSPS) is 20.2. The Bertz CT molecular complexity index is 413. The summed E-state index contributed by atoms with van der Waals surface area (Å²) >= 11 is 0. The SMILES string of the molecule is CCOC(=O)C1CCCCN1Cc1ccc(C)cc1. The maximum atomic E-state index is 12.0. The van der Waals surface area contributed by atoms with E-state index in [9.17, 15) is 4.79 Å². The van der Waals surface area contributed by atoms with E-state index in [-0.39, 0.29) is 12.0 Å². The van der Waals surface area contributed by atoms with Gasteiger partial charge in [0.1, 0.15) is 6.04 Å². The van der Waals surface area contributed by atoms with E-state index in [1.807, 2.05) is 6.92 Å². The number of benzene rings is 1. The molecule has 1 aromatic carbocycles. The van der Waals surface area contributed by atoms with Crippen LogP contribution in [0.4, 0.5) is 0 Å². The first-order valence-electron chi connectivity index (χ1n) is 7.17. The van der Waals surface area contributed by atoms with Crippen LogP contribution in [0.1, 0.15) is 37.3 Å². The lowest BCUT2D eigenvalue weighted by Crippen LogP contribution is -2.44. The number of rotatable bonds is 4. The van der Waals surface area contributed by atoms with Gasteiger partial charge in [-0.05, 0) is 38.8 Å². The van der Waals surface area contributed by atoms with Crippen molar-refractivity contribution in [2.24, 2.45) is 0 Å². The Morgan fingerprint density at radius 2 is 2.05 bits per heavy atom. The van der Waals surface area contributed by atoms with Gasteiger partial charge in [-0.1, -0.05) is 36.2 Å². The number of piperidine rings is 1. The lowest BCUT2D eigenvalue weighted by atomic mass is 10.0. The molecule has 0 saturated carbocycles. The number of hydrogen-bond acceptors (Lipinski definition) is 3. The Kier molecular flexibility index (Phi) is 4.97. The lowest BCUT2D eigenvalue weighted by molar-refractivity contribution is -0.151. The Balaban J connectivity index is 2.03. The second kappa shape index (κ2) is 6.71. The summed E-state index contributed by atoms with van der Waals surface area (Å²) < 4.78 is 5.19. The van der Waals surface area contributed by atoms with Crippen molar-refractivity contribution in [3.05, 3.63) is 35.4 Å². The number of esters is 1. The minimum absolute atomic E-state index is 0.0602.